The molecule has 21 heavy (non-hydrogen) atoms. The van der Waals surface area contributed by atoms with E-state index in [2.05, 4.69) is 22.2 Å². The topological polar surface area (TPSA) is 65.5 Å². The van der Waals surface area contributed by atoms with Gasteiger partial charge >= 0.3 is 0 Å². The fourth-order valence-electron chi connectivity index (χ4n) is 1.65. The van der Waals surface area contributed by atoms with Crippen molar-refractivity contribution in [3.63, 3.8) is 0 Å². The van der Waals surface area contributed by atoms with Crippen LogP contribution in [0, 0.1) is 0 Å². The Kier molecular flexibility index (Phi) is 8.69. The number of nitrogens with one attached hydrogen (secondary N) is 1. The van der Waals surface area contributed by atoms with Crippen molar-refractivity contribution in [1.82, 2.24) is 9.97 Å². The predicted octanol–water partition coefficient (Wildman–Crippen LogP) is 2.64. The average molecular weight is 297 g/mol. The van der Waals surface area contributed by atoms with Gasteiger partial charge in [-0.05, 0) is 26.7 Å². The lowest BCUT2D eigenvalue weighted by molar-refractivity contribution is 0.0787. The molecule has 1 aromatic rings. The van der Waals surface area contributed by atoms with Crippen molar-refractivity contribution < 1.29 is 14.2 Å². The van der Waals surface area contributed by atoms with Crippen LogP contribution < -0.4 is 10.1 Å². The van der Waals surface area contributed by atoms with Crippen molar-refractivity contribution in [1.29, 1.82) is 0 Å². The van der Waals surface area contributed by atoms with Crippen molar-refractivity contribution in [2.75, 3.05) is 32.2 Å². The zero-order valence-corrected chi connectivity index (χ0v) is 13.5. The van der Waals surface area contributed by atoms with Gasteiger partial charge in [-0.15, -0.1) is 0 Å². The van der Waals surface area contributed by atoms with Crippen LogP contribution in [0.4, 0.5) is 5.82 Å². The highest BCUT2D eigenvalue weighted by atomic mass is 16.5. The van der Waals surface area contributed by atoms with E-state index in [0.29, 0.717) is 24.9 Å². The first-order valence-electron chi connectivity index (χ1n) is 7.50. The molecule has 0 saturated carbocycles. The van der Waals surface area contributed by atoms with Gasteiger partial charge in [-0.1, -0.05) is 6.92 Å². The Balaban J connectivity index is 2.52. The molecule has 0 unspecified atom stereocenters. The van der Waals surface area contributed by atoms with Gasteiger partial charge in [0.25, 0.3) is 0 Å². The van der Waals surface area contributed by atoms with E-state index in [0.717, 1.165) is 31.8 Å². The summed E-state index contributed by atoms with van der Waals surface area (Å²) in [5.41, 5.74) is 0. The molecular weight excluding hydrogens is 270 g/mol. The van der Waals surface area contributed by atoms with Crippen LogP contribution in [0.1, 0.15) is 39.4 Å². The second kappa shape index (κ2) is 10.3. The van der Waals surface area contributed by atoms with Gasteiger partial charge in [0.1, 0.15) is 12.4 Å². The highest BCUT2D eigenvalue weighted by Gasteiger charge is 2.05. The molecule has 6 heteroatoms. The van der Waals surface area contributed by atoms with Gasteiger partial charge in [0, 0.05) is 26.3 Å². The lowest BCUT2D eigenvalue weighted by Gasteiger charge is -2.11. The first-order chi connectivity index (χ1) is 10.2. The molecule has 0 aromatic carbocycles. The van der Waals surface area contributed by atoms with Gasteiger partial charge in [0.15, 0.2) is 5.82 Å². The first kappa shape index (κ1) is 17.7. The molecule has 0 amide bonds. The minimum atomic E-state index is 0.270. The average Bonchev–Trinajstić information content (AvgIpc) is 2.44. The van der Waals surface area contributed by atoms with Gasteiger partial charge in [-0.2, -0.15) is 4.98 Å². The molecule has 1 rings (SSSR count). The molecule has 0 aliphatic rings. The third-order valence-electron chi connectivity index (χ3n) is 2.55. The Morgan fingerprint density at radius 3 is 2.71 bits per heavy atom. The largest absolute Gasteiger partial charge is 0.478 e. The Hall–Kier alpha value is -1.40. The number of hydrogen-bond donors (Lipinski definition) is 1. The van der Waals surface area contributed by atoms with Crippen LogP contribution in [0.2, 0.25) is 0 Å². The molecule has 120 valence electrons. The monoisotopic (exact) mass is 297 g/mol. The molecule has 0 aliphatic carbocycles. The van der Waals surface area contributed by atoms with E-state index in [1.165, 1.54) is 0 Å². The van der Waals surface area contributed by atoms with Crippen LogP contribution in [0.3, 0.4) is 0 Å². The quantitative estimate of drug-likeness (QED) is 0.633. The van der Waals surface area contributed by atoms with Crippen molar-refractivity contribution in [3.8, 4) is 5.88 Å². The van der Waals surface area contributed by atoms with Gasteiger partial charge in [0.2, 0.25) is 5.88 Å². The molecule has 1 N–H and O–H groups in total. The standard InChI is InChI=1S/C15H27N3O3/c1-5-8-21-15-10-13(17-14(18-15)11-19-4)16-7-6-9-20-12(2)3/h10,12H,5-9,11H2,1-4H3,(H,16,17,18). The van der Waals surface area contributed by atoms with Crippen molar-refractivity contribution in [3.05, 3.63) is 11.9 Å². The van der Waals surface area contributed by atoms with Crippen LogP contribution >= 0.6 is 0 Å². The lowest BCUT2D eigenvalue weighted by Crippen LogP contribution is -2.11. The highest BCUT2D eigenvalue weighted by Crippen LogP contribution is 2.14. The summed E-state index contributed by atoms with van der Waals surface area (Å²) < 4.78 is 16.2. The first-order valence-corrected chi connectivity index (χ1v) is 7.50. The molecule has 0 atom stereocenters. The summed E-state index contributed by atoms with van der Waals surface area (Å²) in [5, 5.41) is 3.27. The molecule has 0 bridgehead atoms. The molecular formula is C15H27N3O3. The molecule has 0 aliphatic heterocycles. The predicted molar refractivity (Wildman–Crippen MR) is 82.7 cm³/mol. The van der Waals surface area contributed by atoms with E-state index >= 15 is 0 Å². The van der Waals surface area contributed by atoms with Crippen LogP contribution in [0.25, 0.3) is 0 Å². The van der Waals surface area contributed by atoms with Crippen molar-refractivity contribution in [2.45, 2.75) is 46.3 Å². The van der Waals surface area contributed by atoms with Crippen molar-refractivity contribution in [2.24, 2.45) is 0 Å². The summed E-state index contributed by atoms with van der Waals surface area (Å²) in [4.78, 5) is 8.70. The smallest absolute Gasteiger partial charge is 0.218 e. The van der Waals surface area contributed by atoms with Crippen LogP contribution in [0.5, 0.6) is 5.88 Å². The Bertz CT molecular complexity index is 400. The maximum atomic E-state index is 5.57. The summed E-state index contributed by atoms with van der Waals surface area (Å²) in [6.45, 7) is 8.67. The fraction of sp³-hybridized carbons (Fsp3) is 0.733. The maximum absolute atomic E-state index is 5.57. The van der Waals surface area contributed by atoms with Crippen molar-refractivity contribution >= 4 is 5.82 Å². The number of anilines is 1. The number of aromatic nitrogens is 2. The molecule has 0 radical (unpaired) electrons. The Morgan fingerprint density at radius 1 is 1.24 bits per heavy atom. The molecule has 0 spiro atoms. The van der Waals surface area contributed by atoms with E-state index in [1.54, 1.807) is 7.11 Å². The third kappa shape index (κ3) is 7.82. The SMILES string of the molecule is CCCOc1cc(NCCCOC(C)C)nc(COC)n1. The van der Waals surface area contributed by atoms with E-state index in [4.69, 9.17) is 14.2 Å². The Labute approximate surface area is 127 Å². The van der Waals surface area contributed by atoms with Crippen LogP contribution in [0.15, 0.2) is 6.07 Å². The zero-order valence-electron chi connectivity index (χ0n) is 13.5. The maximum Gasteiger partial charge on any atom is 0.218 e. The summed E-state index contributed by atoms with van der Waals surface area (Å²) in [7, 11) is 1.62. The summed E-state index contributed by atoms with van der Waals surface area (Å²) in [6.07, 6.45) is 2.14. The Morgan fingerprint density at radius 2 is 2.05 bits per heavy atom. The number of nitrogens with zero attached hydrogens (tertiary/aromatic N) is 2. The summed E-state index contributed by atoms with van der Waals surface area (Å²) in [5.74, 6) is 1.96. The van der Waals surface area contributed by atoms with Crippen LogP contribution in [-0.2, 0) is 16.1 Å². The highest BCUT2D eigenvalue weighted by molar-refractivity contribution is 5.38. The normalized spacial score (nSPS) is 10.9. The molecule has 0 saturated heterocycles. The van der Waals surface area contributed by atoms with E-state index in [-0.39, 0.29) is 6.10 Å². The minimum absolute atomic E-state index is 0.270. The summed E-state index contributed by atoms with van der Waals surface area (Å²) in [6, 6.07) is 1.82. The number of rotatable bonds is 11. The van der Waals surface area contributed by atoms with Crippen LogP contribution in [-0.4, -0.2) is 42.9 Å². The van der Waals surface area contributed by atoms with E-state index < -0.39 is 0 Å². The molecule has 0 fully saturated rings. The van der Waals surface area contributed by atoms with E-state index in [9.17, 15) is 0 Å². The van der Waals surface area contributed by atoms with Gasteiger partial charge < -0.3 is 19.5 Å². The van der Waals surface area contributed by atoms with Gasteiger partial charge in [0.05, 0.1) is 12.7 Å². The minimum Gasteiger partial charge on any atom is -0.478 e. The summed E-state index contributed by atoms with van der Waals surface area (Å²) >= 11 is 0. The second-order valence-corrected chi connectivity index (χ2v) is 4.99. The second-order valence-electron chi connectivity index (χ2n) is 4.99. The fourth-order valence-corrected chi connectivity index (χ4v) is 1.65. The molecule has 1 heterocycles. The number of methoxy groups -OCH3 is 1. The molecule has 1 aromatic heterocycles. The van der Waals surface area contributed by atoms with E-state index in [1.807, 2.05) is 19.9 Å². The number of hydrogen-bond acceptors (Lipinski definition) is 6. The van der Waals surface area contributed by atoms with Gasteiger partial charge in [-0.3, -0.25) is 0 Å². The lowest BCUT2D eigenvalue weighted by atomic mass is 10.4. The molecule has 6 nitrogen and oxygen atoms in total. The zero-order chi connectivity index (χ0) is 15.5. The third-order valence-corrected chi connectivity index (χ3v) is 2.55. The number of ether oxygens (including phenoxy) is 3. The van der Waals surface area contributed by atoms with Gasteiger partial charge in [-0.25, -0.2) is 4.98 Å².